The third kappa shape index (κ3) is 8.32. The lowest BCUT2D eigenvalue weighted by Crippen LogP contribution is -2.41. The van der Waals surface area contributed by atoms with E-state index in [1.165, 1.54) is 39.3 Å². The van der Waals surface area contributed by atoms with Crippen LogP contribution in [0.15, 0.2) is 133 Å². The van der Waals surface area contributed by atoms with Gasteiger partial charge in [-0.25, -0.2) is 9.37 Å². The largest absolute Gasteiger partial charge is 0.364 e. The predicted octanol–water partition coefficient (Wildman–Crippen LogP) is 9.64. The quantitative estimate of drug-likeness (QED) is 0.151. The Morgan fingerprint density at radius 1 is 0.804 bits per heavy atom. The molecule has 0 aliphatic rings. The zero-order valence-electron chi connectivity index (χ0n) is 29.7. The van der Waals surface area contributed by atoms with Gasteiger partial charge < -0.3 is 15.5 Å². The van der Waals surface area contributed by atoms with Crippen molar-refractivity contribution in [1.29, 1.82) is 0 Å². The number of anilines is 1. The number of halogens is 1. The van der Waals surface area contributed by atoms with Crippen molar-refractivity contribution < 1.29 is 14.0 Å². The smallest absolute Gasteiger partial charge is 0.252 e. The highest BCUT2D eigenvalue weighted by molar-refractivity contribution is 6.00. The van der Waals surface area contributed by atoms with Crippen LogP contribution >= 0.6 is 0 Å². The molecule has 5 aromatic carbocycles. The standard InChI is InChI=1S/C44H43FN4O2/c1-29(37-13-9-10-14-38(37)31-17-21-35(22-18-31)44(2,3)4)46-40-26-20-33-27-34(19-25-39(33)47-40)42(50)48-41(32-11-7-6-8-12-32)43(51)49(5)28-30-15-23-36(45)24-16-30/h6-27,29,41H,28H2,1-5H3,(H,46,47)(H,48,50)/t29?,41-/m0/s1. The molecule has 2 N–H and O–H groups in total. The molecule has 258 valence electrons. The number of nitrogens with zero attached hydrogens (tertiary/aromatic N) is 2. The van der Waals surface area contributed by atoms with Gasteiger partial charge in [0.05, 0.1) is 11.6 Å². The van der Waals surface area contributed by atoms with E-state index >= 15 is 0 Å². The molecule has 7 heteroatoms. The van der Waals surface area contributed by atoms with Crippen LogP contribution in [0.1, 0.15) is 72.4 Å². The van der Waals surface area contributed by atoms with Crippen LogP contribution in [0.2, 0.25) is 0 Å². The number of amides is 2. The van der Waals surface area contributed by atoms with Gasteiger partial charge in [-0.1, -0.05) is 112 Å². The fourth-order valence-electron chi connectivity index (χ4n) is 6.24. The van der Waals surface area contributed by atoms with Crippen molar-refractivity contribution in [2.24, 2.45) is 0 Å². The zero-order valence-corrected chi connectivity index (χ0v) is 29.7. The molecular formula is C44H43FN4O2. The number of pyridine rings is 1. The summed E-state index contributed by atoms with van der Waals surface area (Å²) >= 11 is 0. The van der Waals surface area contributed by atoms with Crippen LogP contribution in [0.3, 0.4) is 0 Å². The van der Waals surface area contributed by atoms with Gasteiger partial charge in [-0.05, 0) is 88.2 Å². The van der Waals surface area contributed by atoms with Gasteiger partial charge in [0, 0.05) is 24.5 Å². The van der Waals surface area contributed by atoms with Crippen LogP contribution in [0.4, 0.5) is 10.2 Å². The molecular weight excluding hydrogens is 636 g/mol. The van der Waals surface area contributed by atoms with Gasteiger partial charge >= 0.3 is 0 Å². The highest BCUT2D eigenvalue weighted by atomic mass is 19.1. The Balaban J connectivity index is 1.17. The summed E-state index contributed by atoms with van der Waals surface area (Å²) in [7, 11) is 1.67. The van der Waals surface area contributed by atoms with E-state index in [-0.39, 0.29) is 35.6 Å². The Hall–Kier alpha value is -5.82. The maximum atomic E-state index is 13.7. The highest BCUT2D eigenvalue weighted by Crippen LogP contribution is 2.32. The van der Waals surface area contributed by atoms with Crippen LogP contribution in [0.5, 0.6) is 0 Å². The number of carbonyl (C=O) groups is 2. The van der Waals surface area contributed by atoms with Gasteiger partial charge in [0.2, 0.25) is 5.91 Å². The minimum atomic E-state index is -0.912. The first kappa shape index (κ1) is 35.0. The summed E-state index contributed by atoms with van der Waals surface area (Å²) in [4.78, 5) is 33.7. The molecule has 0 aliphatic carbocycles. The van der Waals surface area contributed by atoms with E-state index in [0.717, 1.165) is 22.3 Å². The summed E-state index contributed by atoms with van der Waals surface area (Å²) in [6.07, 6.45) is 0. The van der Waals surface area contributed by atoms with Crippen LogP contribution in [-0.4, -0.2) is 28.7 Å². The number of fused-ring (bicyclic) bond motifs is 1. The van der Waals surface area contributed by atoms with Gasteiger partial charge in [0.15, 0.2) is 0 Å². The molecule has 2 atom stereocenters. The molecule has 1 heterocycles. The summed E-state index contributed by atoms with van der Waals surface area (Å²) < 4.78 is 13.4. The molecule has 6 nitrogen and oxygen atoms in total. The normalized spacial score (nSPS) is 12.6. The molecule has 1 unspecified atom stereocenters. The van der Waals surface area contributed by atoms with E-state index in [0.29, 0.717) is 11.1 Å². The lowest BCUT2D eigenvalue weighted by atomic mass is 9.85. The predicted molar refractivity (Wildman–Crippen MR) is 204 cm³/mol. The summed E-state index contributed by atoms with van der Waals surface area (Å²) in [5.74, 6) is -0.273. The maximum Gasteiger partial charge on any atom is 0.252 e. The van der Waals surface area contributed by atoms with E-state index < -0.39 is 6.04 Å². The third-order valence-electron chi connectivity index (χ3n) is 9.17. The average Bonchev–Trinajstić information content (AvgIpc) is 3.14. The first-order valence-electron chi connectivity index (χ1n) is 17.2. The fourth-order valence-corrected chi connectivity index (χ4v) is 6.24. The molecule has 2 amide bonds. The summed E-state index contributed by atoms with van der Waals surface area (Å²) in [5, 5.41) is 7.32. The molecule has 0 bridgehead atoms. The van der Waals surface area contributed by atoms with Crippen LogP contribution < -0.4 is 10.6 Å². The Bertz CT molecular complexity index is 2140. The minimum Gasteiger partial charge on any atom is -0.364 e. The number of nitrogens with one attached hydrogen (secondary N) is 2. The third-order valence-corrected chi connectivity index (χ3v) is 9.17. The number of rotatable bonds is 10. The van der Waals surface area contributed by atoms with E-state index in [2.05, 4.69) is 86.9 Å². The Morgan fingerprint density at radius 3 is 2.20 bits per heavy atom. The number of aromatic nitrogens is 1. The molecule has 1 aromatic heterocycles. The highest BCUT2D eigenvalue weighted by Gasteiger charge is 2.26. The maximum absolute atomic E-state index is 13.7. The van der Waals surface area contributed by atoms with Gasteiger partial charge in [-0.3, -0.25) is 9.59 Å². The minimum absolute atomic E-state index is 0.0212. The monoisotopic (exact) mass is 678 g/mol. The molecule has 0 saturated carbocycles. The molecule has 6 rings (SSSR count). The van der Waals surface area contributed by atoms with Gasteiger partial charge in [-0.2, -0.15) is 0 Å². The second kappa shape index (κ2) is 15.0. The van der Waals surface area contributed by atoms with Crippen molar-refractivity contribution in [2.75, 3.05) is 12.4 Å². The molecule has 51 heavy (non-hydrogen) atoms. The molecule has 0 fully saturated rings. The van der Waals surface area contributed by atoms with E-state index in [1.807, 2.05) is 48.5 Å². The van der Waals surface area contributed by atoms with Gasteiger partial charge in [0.1, 0.15) is 17.7 Å². The number of hydrogen-bond acceptors (Lipinski definition) is 4. The molecule has 0 aliphatic heterocycles. The van der Waals surface area contributed by atoms with Crippen molar-refractivity contribution in [3.8, 4) is 11.1 Å². The second-order valence-electron chi connectivity index (χ2n) is 14.0. The van der Waals surface area contributed by atoms with E-state index in [9.17, 15) is 14.0 Å². The summed E-state index contributed by atoms with van der Waals surface area (Å²) in [6.45, 7) is 9.06. The first-order valence-corrected chi connectivity index (χ1v) is 17.2. The number of benzene rings is 5. The topological polar surface area (TPSA) is 74.3 Å². The van der Waals surface area contributed by atoms with Crippen LogP contribution in [0.25, 0.3) is 22.0 Å². The van der Waals surface area contributed by atoms with Gasteiger partial charge in [0.25, 0.3) is 5.91 Å². The van der Waals surface area contributed by atoms with Gasteiger partial charge in [-0.15, -0.1) is 0 Å². The first-order chi connectivity index (χ1) is 24.5. The van der Waals surface area contributed by atoms with Crippen LogP contribution in [-0.2, 0) is 16.8 Å². The average molecular weight is 679 g/mol. The Morgan fingerprint density at radius 2 is 1.49 bits per heavy atom. The van der Waals surface area contributed by atoms with Crippen LogP contribution in [0, 0.1) is 5.82 Å². The van der Waals surface area contributed by atoms with E-state index in [4.69, 9.17) is 4.98 Å². The molecule has 0 spiro atoms. The number of hydrogen-bond donors (Lipinski definition) is 2. The van der Waals surface area contributed by atoms with E-state index in [1.54, 1.807) is 31.3 Å². The molecule has 6 aromatic rings. The second-order valence-corrected chi connectivity index (χ2v) is 14.0. The van der Waals surface area contributed by atoms with Crippen molar-refractivity contribution in [2.45, 2.75) is 51.7 Å². The number of carbonyl (C=O) groups excluding carboxylic acids is 2. The number of likely N-dealkylation sites (N-methyl/N-ethyl adjacent to an activating group) is 1. The fraction of sp³-hybridized carbons (Fsp3) is 0.205. The van der Waals surface area contributed by atoms with Crippen molar-refractivity contribution in [3.05, 3.63) is 167 Å². The van der Waals surface area contributed by atoms with Crippen molar-refractivity contribution in [3.63, 3.8) is 0 Å². The SMILES string of the molecule is CC(Nc1ccc2cc(C(=O)N[C@H](C(=O)N(C)Cc3ccc(F)cc3)c3ccccc3)ccc2n1)c1ccccc1-c1ccc(C(C)(C)C)cc1. The lowest BCUT2D eigenvalue weighted by Gasteiger charge is -2.25. The summed E-state index contributed by atoms with van der Waals surface area (Å²) in [6, 6.07) is 40.7. The molecule has 0 saturated heterocycles. The van der Waals surface area contributed by atoms with Crippen molar-refractivity contribution in [1.82, 2.24) is 15.2 Å². The Labute approximate surface area is 299 Å². The lowest BCUT2D eigenvalue weighted by molar-refractivity contribution is -0.132. The summed E-state index contributed by atoms with van der Waals surface area (Å²) in [5.41, 5.74) is 7.50. The van der Waals surface area contributed by atoms with Crippen molar-refractivity contribution >= 4 is 28.5 Å². The molecule has 0 radical (unpaired) electrons. The Kier molecular flexibility index (Phi) is 10.3. The zero-order chi connectivity index (χ0) is 36.1.